The van der Waals surface area contributed by atoms with Crippen molar-refractivity contribution in [1.82, 2.24) is 9.55 Å². The molecule has 1 aromatic carbocycles. The van der Waals surface area contributed by atoms with Crippen LogP contribution in [0.15, 0.2) is 34.0 Å². The van der Waals surface area contributed by atoms with Crippen LogP contribution in [0.2, 0.25) is 0 Å². The van der Waals surface area contributed by atoms with Crippen LogP contribution in [0.3, 0.4) is 0 Å². The number of esters is 1. The Morgan fingerprint density at radius 3 is 2.83 bits per heavy atom. The number of carbonyl (C=O) groups excluding carboxylic acids is 1. The van der Waals surface area contributed by atoms with Gasteiger partial charge in [-0.3, -0.25) is 14.3 Å². The first kappa shape index (κ1) is 15.8. The van der Waals surface area contributed by atoms with Crippen LogP contribution in [0.5, 0.6) is 0 Å². The Morgan fingerprint density at radius 1 is 1.38 bits per heavy atom. The summed E-state index contributed by atoms with van der Waals surface area (Å²) in [4.78, 5) is 39.4. The average Bonchev–Trinajstić information content (AvgIpc) is 2.82. The van der Waals surface area contributed by atoms with Crippen LogP contribution in [0.25, 0.3) is 5.69 Å². The maximum absolute atomic E-state index is 12.1. The van der Waals surface area contributed by atoms with Gasteiger partial charge in [-0.2, -0.15) is 0 Å². The molecule has 9 nitrogen and oxygen atoms in total. The summed E-state index contributed by atoms with van der Waals surface area (Å²) in [5.41, 5.74) is 0.0756. The van der Waals surface area contributed by atoms with Crippen LogP contribution in [0.1, 0.15) is 17.3 Å². The number of aromatic amines is 1. The summed E-state index contributed by atoms with van der Waals surface area (Å²) in [6.45, 7) is 1.74. The minimum absolute atomic E-state index is 0.116. The summed E-state index contributed by atoms with van der Waals surface area (Å²) < 4.78 is 5.96. The first-order chi connectivity index (χ1) is 11.4. The Labute approximate surface area is 136 Å². The van der Waals surface area contributed by atoms with Gasteiger partial charge in [-0.05, 0) is 25.1 Å². The zero-order valence-corrected chi connectivity index (χ0v) is 13.1. The molecule has 1 atom stereocenters. The van der Waals surface area contributed by atoms with Crippen molar-refractivity contribution < 1.29 is 14.6 Å². The Balaban J connectivity index is 2.11. The predicted molar refractivity (Wildman–Crippen MR) is 86.6 cm³/mol. The van der Waals surface area contributed by atoms with Crippen molar-refractivity contribution in [3.63, 3.8) is 0 Å². The summed E-state index contributed by atoms with van der Waals surface area (Å²) in [5, 5.41) is 12.6. The number of ether oxygens (including phenoxy) is 1. The molecule has 1 aromatic heterocycles. The van der Waals surface area contributed by atoms with Crippen LogP contribution in [-0.2, 0) is 4.74 Å². The first-order valence-electron chi connectivity index (χ1n) is 7.27. The van der Waals surface area contributed by atoms with Gasteiger partial charge in [-0.15, -0.1) is 0 Å². The van der Waals surface area contributed by atoms with Crippen molar-refractivity contribution in [1.29, 1.82) is 0 Å². The van der Waals surface area contributed by atoms with E-state index in [0.717, 1.165) is 10.8 Å². The smallest absolute Gasteiger partial charge is 0.345 e. The number of H-pyrrole nitrogens is 1. The lowest BCUT2D eigenvalue weighted by Crippen LogP contribution is -2.33. The molecule has 1 unspecified atom stereocenters. The van der Waals surface area contributed by atoms with Gasteiger partial charge in [-0.25, -0.2) is 9.59 Å². The number of hydrogen-bond donors (Lipinski definition) is 3. The molecule has 0 radical (unpaired) electrons. The van der Waals surface area contributed by atoms with Gasteiger partial charge in [0.1, 0.15) is 5.56 Å². The minimum atomic E-state index is -0.863. The van der Waals surface area contributed by atoms with E-state index >= 15 is 0 Å². The predicted octanol–water partition coefficient (Wildman–Crippen LogP) is -0.160. The molecule has 9 heteroatoms. The second-order valence-electron chi connectivity index (χ2n) is 5.22. The van der Waals surface area contributed by atoms with Gasteiger partial charge < -0.3 is 20.1 Å². The molecule has 3 rings (SSSR count). The van der Waals surface area contributed by atoms with Crippen LogP contribution >= 0.6 is 0 Å². The number of aliphatic hydroxyl groups is 1. The van der Waals surface area contributed by atoms with E-state index in [4.69, 9.17) is 4.74 Å². The fourth-order valence-electron chi connectivity index (χ4n) is 2.47. The van der Waals surface area contributed by atoms with Crippen LogP contribution in [0.4, 0.5) is 11.4 Å². The average molecular weight is 332 g/mol. The highest BCUT2D eigenvalue weighted by Crippen LogP contribution is 2.33. The van der Waals surface area contributed by atoms with Crippen molar-refractivity contribution in [3.05, 3.63) is 50.8 Å². The van der Waals surface area contributed by atoms with Gasteiger partial charge in [0.25, 0.3) is 5.56 Å². The number of aliphatic hydroxyl groups excluding tert-OH is 1. The van der Waals surface area contributed by atoms with Crippen molar-refractivity contribution in [2.24, 2.45) is 0 Å². The van der Waals surface area contributed by atoms with E-state index in [9.17, 15) is 19.5 Å². The molecule has 0 fully saturated rings. The molecule has 2 aromatic rings. The minimum Gasteiger partial charge on any atom is -0.462 e. The van der Waals surface area contributed by atoms with Crippen molar-refractivity contribution in [2.75, 3.05) is 23.9 Å². The highest BCUT2D eigenvalue weighted by molar-refractivity contribution is 5.88. The topological polar surface area (TPSA) is 117 Å². The van der Waals surface area contributed by atoms with Gasteiger partial charge >= 0.3 is 11.7 Å². The molecule has 3 N–H and O–H groups in total. The van der Waals surface area contributed by atoms with Crippen molar-refractivity contribution in [2.45, 2.75) is 13.3 Å². The third-order valence-corrected chi connectivity index (χ3v) is 3.73. The fraction of sp³-hybridized carbons (Fsp3) is 0.267. The van der Waals surface area contributed by atoms with Gasteiger partial charge in [-0.1, -0.05) is 0 Å². The molecular formula is C15H16N4O5. The number of rotatable bonds is 3. The molecule has 0 spiro atoms. The molecule has 0 saturated carbocycles. The van der Waals surface area contributed by atoms with Crippen LogP contribution in [0, 0.1) is 0 Å². The number of hydrogen-bond acceptors (Lipinski definition) is 7. The van der Waals surface area contributed by atoms with Gasteiger partial charge in [0.15, 0.2) is 0 Å². The van der Waals surface area contributed by atoms with E-state index in [2.05, 4.69) is 10.3 Å². The summed E-state index contributed by atoms with van der Waals surface area (Å²) in [6.07, 6.45) is 0.289. The third kappa shape index (κ3) is 2.54. The standard InChI is InChI=1S/C15H16N4O5/c1-3-24-13(21)9-7-19(15(23)17-12(9)20)8-4-5-10-11(6-8)18(2)14(22)16-10/h4-7,14,16,22H,3H2,1-2H3,(H,17,20,23). The second-order valence-corrected chi connectivity index (χ2v) is 5.22. The number of benzene rings is 1. The fourth-order valence-corrected chi connectivity index (χ4v) is 2.47. The van der Waals surface area contributed by atoms with Gasteiger partial charge in [0.05, 0.1) is 23.7 Å². The van der Waals surface area contributed by atoms with Gasteiger partial charge in [0.2, 0.25) is 6.35 Å². The lowest BCUT2D eigenvalue weighted by molar-refractivity contribution is 0.0523. The zero-order valence-electron chi connectivity index (χ0n) is 13.1. The summed E-state index contributed by atoms with van der Waals surface area (Å²) in [6, 6.07) is 4.98. The molecule has 1 aliphatic heterocycles. The monoisotopic (exact) mass is 332 g/mol. The summed E-state index contributed by atoms with van der Waals surface area (Å²) in [5.74, 6) is -0.803. The van der Waals surface area contributed by atoms with E-state index in [0.29, 0.717) is 17.1 Å². The SMILES string of the molecule is CCOC(=O)c1cn(-c2ccc3c(c2)N(C)C(O)N3)c(=O)[nH]c1=O. The number of carbonyl (C=O) groups is 1. The molecule has 0 aliphatic carbocycles. The van der Waals surface area contributed by atoms with E-state index in [1.165, 1.54) is 0 Å². The lowest BCUT2D eigenvalue weighted by atomic mass is 10.2. The Bertz CT molecular complexity index is 917. The van der Waals surface area contributed by atoms with E-state index < -0.39 is 23.6 Å². The Morgan fingerprint density at radius 2 is 2.12 bits per heavy atom. The van der Waals surface area contributed by atoms with Crippen LogP contribution in [-0.4, -0.2) is 40.6 Å². The van der Waals surface area contributed by atoms with E-state index in [1.807, 2.05) is 0 Å². The second kappa shape index (κ2) is 5.85. The molecule has 0 bridgehead atoms. The third-order valence-electron chi connectivity index (χ3n) is 3.73. The highest BCUT2D eigenvalue weighted by Gasteiger charge is 2.24. The Kier molecular flexibility index (Phi) is 3.86. The number of aromatic nitrogens is 2. The normalized spacial score (nSPS) is 15.8. The number of fused-ring (bicyclic) bond motifs is 1. The molecule has 2 heterocycles. The molecule has 0 saturated heterocycles. The number of nitrogens with one attached hydrogen (secondary N) is 2. The molecule has 1 aliphatic rings. The van der Waals surface area contributed by atoms with Crippen molar-refractivity contribution in [3.8, 4) is 5.69 Å². The zero-order chi connectivity index (χ0) is 17.4. The largest absolute Gasteiger partial charge is 0.462 e. The van der Waals surface area contributed by atoms with E-state index in [-0.39, 0.29) is 12.2 Å². The molecule has 126 valence electrons. The maximum atomic E-state index is 12.1. The van der Waals surface area contributed by atoms with Gasteiger partial charge in [0, 0.05) is 13.2 Å². The maximum Gasteiger partial charge on any atom is 0.345 e. The summed E-state index contributed by atoms with van der Waals surface area (Å²) in [7, 11) is 1.69. The first-order valence-corrected chi connectivity index (χ1v) is 7.27. The molecular weight excluding hydrogens is 316 g/mol. The highest BCUT2D eigenvalue weighted by atomic mass is 16.5. The molecule has 0 amide bonds. The van der Waals surface area contributed by atoms with Crippen molar-refractivity contribution >= 4 is 17.3 Å². The quantitative estimate of drug-likeness (QED) is 0.669. The number of nitrogens with zero attached hydrogens (tertiary/aromatic N) is 2. The van der Waals surface area contributed by atoms with Crippen LogP contribution < -0.4 is 21.5 Å². The summed E-state index contributed by atoms with van der Waals surface area (Å²) >= 11 is 0. The van der Waals surface area contributed by atoms with E-state index in [1.54, 1.807) is 37.1 Å². The lowest BCUT2D eigenvalue weighted by Gasteiger charge is -2.16. The number of anilines is 2. The molecule has 24 heavy (non-hydrogen) atoms. The Hall–Kier alpha value is -3.07.